The molecule has 22 heavy (non-hydrogen) atoms. The molecule has 0 aliphatic carbocycles. The average Bonchev–Trinajstić information content (AvgIpc) is 2.52. The van der Waals surface area contributed by atoms with E-state index >= 15 is 0 Å². The number of aromatic nitrogens is 1. The number of piperidine rings is 1. The van der Waals surface area contributed by atoms with E-state index in [1.54, 1.807) is 0 Å². The van der Waals surface area contributed by atoms with Crippen molar-refractivity contribution in [2.75, 3.05) is 24.5 Å². The van der Waals surface area contributed by atoms with Gasteiger partial charge < -0.3 is 16.0 Å². The molecule has 1 aliphatic heterocycles. The highest BCUT2D eigenvalue weighted by Gasteiger charge is 2.16. The second-order valence-electron chi connectivity index (χ2n) is 6.21. The first-order valence-corrected chi connectivity index (χ1v) is 7.92. The third-order valence-electron chi connectivity index (χ3n) is 3.92. The second-order valence-corrected chi connectivity index (χ2v) is 6.21. The monoisotopic (exact) mass is 301 g/mol. The average molecular weight is 301 g/mol. The number of hydrogen-bond donors (Lipinski definition) is 2. The minimum atomic E-state index is 0.442. The van der Waals surface area contributed by atoms with Gasteiger partial charge in [-0.25, -0.2) is 9.98 Å². The Kier molecular flexibility index (Phi) is 5.81. The Morgan fingerprint density at radius 2 is 2.18 bits per heavy atom. The van der Waals surface area contributed by atoms with Crippen LogP contribution in [0.1, 0.15) is 32.3 Å². The lowest BCUT2D eigenvalue weighted by Crippen LogP contribution is -2.33. The highest BCUT2D eigenvalue weighted by molar-refractivity contribution is 5.78. The third kappa shape index (κ3) is 5.06. The van der Waals surface area contributed by atoms with Crippen LogP contribution >= 0.6 is 0 Å². The quantitative estimate of drug-likeness (QED) is 0.497. The van der Waals surface area contributed by atoms with Crippen LogP contribution in [0, 0.1) is 5.92 Å². The van der Waals surface area contributed by atoms with Crippen LogP contribution < -0.4 is 16.0 Å². The molecule has 1 saturated heterocycles. The first kappa shape index (κ1) is 16.3. The second kappa shape index (κ2) is 7.82. The summed E-state index contributed by atoms with van der Waals surface area (Å²) in [5.41, 5.74) is 7.89. The Morgan fingerprint density at radius 1 is 1.45 bits per heavy atom. The summed E-state index contributed by atoms with van der Waals surface area (Å²) < 4.78 is 0. The van der Waals surface area contributed by atoms with Gasteiger partial charge in [-0.3, -0.25) is 0 Å². The van der Waals surface area contributed by atoms with Gasteiger partial charge in [-0.2, -0.15) is 0 Å². The Morgan fingerprint density at radius 3 is 2.77 bits per heavy atom. The van der Waals surface area contributed by atoms with Gasteiger partial charge in [0.15, 0.2) is 5.96 Å². The van der Waals surface area contributed by atoms with E-state index in [0.29, 0.717) is 19.0 Å². The smallest absolute Gasteiger partial charge is 0.189 e. The van der Waals surface area contributed by atoms with Gasteiger partial charge in [0.25, 0.3) is 0 Å². The molecule has 3 N–H and O–H groups in total. The predicted octanol–water partition coefficient (Wildman–Crippen LogP) is 2.30. The SMILES string of the molecule is C=C(C)CNC(N)=NCc1ccc(N2CCC(C)CC2)nc1. The molecule has 0 saturated carbocycles. The lowest BCUT2D eigenvalue weighted by Gasteiger charge is -2.31. The zero-order valence-corrected chi connectivity index (χ0v) is 13.7. The summed E-state index contributed by atoms with van der Waals surface area (Å²) in [6.07, 6.45) is 4.39. The van der Waals surface area contributed by atoms with E-state index in [2.05, 4.69) is 45.8 Å². The first-order valence-electron chi connectivity index (χ1n) is 7.92. The molecule has 0 aromatic carbocycles. The van der Waals surface area contributed by atoms with Gasteiger partial charge >= 0.3 is 0 Å². The fourth-order valence-corrected chi connectivity index (χ4v) is 2.41. The van der Waals surface area contributed by atoms with E-state index in [0.717, 1.165) is 36.0 Å². The van der Waals surface area contributed by atoms with Crippen molar-refractivity contribution in [3.05, 3.63) is 36.0 Å². The number of hydrogen-bond acceptors (Lipinski definition) is 3. The van der Waals surface area contributed by atoms with Crippen LogP contribution in [-0.4, -0.2) is 30.6 Å². The van der Waals surface area contributed by atoms with E-state index in [-0.39, 0.29) is 0 Å². The molecule has 1 fully saturated rings. The van der Waals surface area contributed by atoms with Crippen LogP contribution in [0.4, 0.5) is 5.82 Å². The molecule has 2 heterocycles. The van der Waals surface area contributed by atoms with Gasteiger partial charge in [0.05, 0.1) is 6.54 Å². The van der Waals surface area contributed by atoms with E-state index in [9.17, 15) is 0 Å². The molecule has 5 heteroatoms. The number of nitrogens with zero attached hydrogens (tertiary/aromatic N) is 3. The molecule has 1 aliphatic rings. The zero-order valence-electron chi connectivity index (χ0n) is 13.7. The maximum Gasteiger partial charge on any atom is 0.189 e. The number of nitrogens with one attached hydrogen (secondary N) is 1. The molecule has 1 aromatic rings. The van der Waals surface area contributed by atoms with Crippen LogP contribution in [0.2, 0.25) is 0 Å². The largest absolute Gasteiger partial charge is 0.370 e. The summed E-state index contributed by atoms with van der Waals surface area (Å²) in [5, 5.41) is 3.02. The van der Waals surface area contributed by atoms with Crippen molar-refractivity contribution in [1.29, 1.82) is 0 Å². The number of rotatable bonds is 5. The number of nitrogens with two attached hydrogens (primary N) is 1. The topological polar surface area (TPSA) is 66.5 Å². The maximum absolute atomic E-state index is 5.80. The van der Waals surface area contributed by atoms with Crippen molar-refractivity contribution < 1.29 is 0 Å². The minimum absolute atomic E-state index is 0.442. The predicted molar refractivity (Wildman–Crippen MR) is 93.0 cm³/mol. The Labute approximate surface area is 133 Å². The van der Waals surface area contributed by atoms with Gasteiger partial charge in [0.1, 0.15) is 5.82 Å². The van der Waals surface area contributed by atoms with Crippen LogP contribution in [0.25, 0.3) is 0 Å². The lowest BCUT2D eigenvalue weighted by molar-refractivity contribution is 0.436. The number of aliphatic imine (C=N–C) groups is 1. The molecule has 0 radical (unpaired) electrons. The highest BCUT2D eigenvalue weighted by atomic mass is 15.2. The van der Waals surface area contributed by atoms with Crippen LogP contribution in [0.3, 0.4) is 0 Å². The fourth-order valence-electron chi connectivity index (χ4n) is 2.41. The van der Waals surface area contributed by atoms with Gasteiger partial charge in [-0.1, -0.05) is 25.1 Å². The number of guanidine groups is 1. The highest BCUT2D eigenvalue weighted by Crippen LogP contribution is 2.21. The standard InChI is InChI=1S/C17H27N5/c1-13(2)10-20-17(18)21-12-15-4-5-16(19-11-15)22-8-6-14(3)7-9-22/h4-5,11,14H,1,6-10,12H2,2-3H3,(H3,18,20,21). The van der Waals surface area contributed by atoms with Crippen LogP contribution in [0.15, 0.2) is 35.5 Å². The molecule has 0 unspecified atom stereocenters. The summed E-state index contributed by atoms with van der Waals surface area (Å²) >= 11 is 0. The van der Waals surface area contributed by atoms with E-state index in [1.165, 1.54) is 12.8 Å². The van der Waals surface area contributed by atoms with Gasteiger partial charge in [0, 0.05) is 25.8 Å². The van der Waals surface area contributed by atoms with Crippen LogP contribution in [-0.2, 0) is 6.54 Å². The van der Waals surface area contributed by atoms with Gasteiger partial charge in [-0.05, 0) is 37.3 Å². The van der Waals surface area contributed by atoms with Crippen LogP contribution in [0.5, 0.6) is 0 Å². The third-order valence-corrected chi connectivity index (χ3v) is 3.92. The van der Waals surface area contributed by atoms with Crippen molar-refractivity contribution in [2.45, 2.75) is 33.2 Å². The maximum atomic E-state index is 5.80. The fraction of sp³-hybridized carbons (Fsp3) is 0.529. The minimum Gasteiger partial charge on any atom is -0.370 e. The van der Waals surface area contributed by atoms with Crippen molar-refractivity contribution in [3.8, 4) is 0 Å². The summed E-state index contributed by atoms with van der Waals surface area (Å²) in [4.78, 5) is 11.2. The van der Waals surface area contributed by atoms with E-state index in [4.69, 9.17) is 5.73 Å². The normalized spacial score (nSPS) is 16.6. The molecule has 0 spiro atoms. The zero-order chi connectivity index (χ0) is 15.9. The molecule has 0 bridgehead atoms. The van der Waals surface area contributed by atoms with Crippen molar-refractivity contribution in [1.82, 2.24) is 10.3 Å². The van der Waals surface area contributed by atoms with Gasteiger partial charge in [0.2, 0.25) is 0 Å². The lowest BCUT2D eigenvalue weighted by atomic mass is 9.99. The molecular formula is C17H27N5. The number of anilines is 1. The Bertz CT molecular complexity index is 512. The summed E-state index contributed by atoms with van der Waals surface area (Å²) in [7, 11) is 0. The molecule has 0 amide bonds. The molecule has 0 atom stereocenters. The molecule has 2 rings (SSSR count). The molecule has 120 valence electrons. The molecular weight excluding hydrogens is 274 g/mol. The van der Waals surface area contributed by atoms with E-state index in [1.807, 2.05) is 13.1 Å². The van der Waals surface area contributed by atoms with Gasteiger partial charge in [-0.15, -0.1) is 0 Å². The van der Waals surface area contributed by atoms with Crippen molar-refractivity contribution in [3.63, 3.8) is 0 Å². The summed E-state index contributed by atoms with van der Waals surface area (Å²) in [6, 6.07) is 4.16. The molecule has 1 aromatic heterocycles. The number of pyridine rings is 1. The van der Waals surface area contributed by atoms with E-state index < -0.39 is 0 Å². The van der Waals surface area contributed by atoms with Crippen molar-refractivity contribution >= 4 is 11.8 Å². The van der Waals surface area contributed by atoms with Crippen molar-refractivity contribution in [2.24, 2.45) is 16.6 Å². The Balaban J connectivity index is 1.86. The summed E-state index contributed by atoms with van der Waals surface area (Å²) in [5.74, 6) is 2.34. The molecule has 5 nitrogen and oxygen atoms in total. The first-order chi connectivity index (χ1) is 10.5. The Hall–Kier alpha value is -2.04. The summed E-state index contributed by atoms with van der Waals surface area (Å²) in [6.45, 7) is 11.5.